The van der Waals surface area contributed by atoms with Crippen LogP contribution in [0.15, 0.2) is 77.7 Å². The van der Waals surface area contributed by atoms with E-state index in [1.54, 1.807) is 18.2 Å². The number of anilines is 1. The Kier molecular flexibility index (Phi) is 5.92. The first-order valence-corrected chi connectivity index (χ1v) is 10.4. The molecule has 0 spiro atoms. The third-order valence-corrected chi connectivity index (χ3v) is 5.79. The molecule has 144 valence electrons. The van der Waals surface area contributed by atoms with Crippen LogP contribution in [-0.4, -0.2) is 14.3 Å². The zero-order valence-corrected chi connectivity index (χ0v) is 16.6. The fourth-order valence-electron chi connectivity index (χ4n) is 2.68. The Labute approximate surface area is 165 Å². The number of hydrogen-bond donors (Lipinski definition) is 2. The van der Waals surface area contributed by atoms with Crippen LogP contribution in [-0.2, 0) is 16.6 Å². The summed E-state index contributed by atoms with van der Waals surface area (Å²) >= 11 is 0. The summed E-state index contributed by atoms with van der Waals surface area (Å²) < 4.78 is 27.8. The first kappa shape index (κ1) is 19.8. The second-order valence-electron chi connectivity index (χ2n) is 6.61. The molecule has 0 heterocycles. The highest BCUT2D eigenvalue weighted by Crippen LogP contribution is 2.17. The number of nitrogens with one attached hydrogen (secondary N) is 2. The lowest BCUT2D eigenvalue weighted by Crippen LogP contribution is -2.23. The van der Waals surface area contributed by atoms with E-state index in [0.29, 0.717) is 5.69 Å². The van der Waals surface area contributed by atoms with Gasteiger partial charge in [-0.3, -0.25) is 4.79 Å². The Bertz CT molecular complexity index is 1090. The van der Waals surface area contributed by atoms with Crippen LogP contribution < -0.4 is 10.0 Å². The molecule has 0 radical (unpaired) electrons. The fourth-order valence-corrected chi connectivity index (χ4v) is 3.74. The first-order chi connectivity index (χ1) is 13.3. The standard InChI is InChI=1S/C22H22N2O3S/c1-16-10-12-18(13-11-16)15-23-28(26,27)20-8-5-7-19(14-20)22(25)24-21-9-4-3-6-17(21)2/h3-14,23H,15H2,1-2H3,(H,24,25). The number of sulfonamides is 1. The van der Waals surface area contributed by atoms with Crippen molar-refractivity contribution < 1.29 is 13.2 Å². The van der Waals surface area contributed by atoms with Gasteiger partial charge in [0, 0.05) is 17.8 Å². The maximum absolute atomic E-state index is 12.6. The second-order valence-corrected chi connectivity index (χ2v) is 8.37. The van der Waals surface area contributed by atoms with Crippen LogP contribution in [0.2, 0.25) is 0 Å². The minimum atomic E-state index is -3.74. The maximum Gasteiger partial charge on any atom is 0.255 e. The van der Waals surface area contributed by atoms with Crippen molar-refractivity contribution in [2.45, 2.75) is 25.3 Å². The Hall–Kier alpha value is -2.96. The van der Waals surface area contributed by atoms with E-state index in [4.69, 9.17) is 0 Å². The number of rotatable bonds is 6. The summed E-state index contributed by atoms with van der Waals surface area (Å²) in [7, 11) is -3.74. The lowest BCUT2D eigenvalue weighted by atomic mass is 10.1. The topological polar surface area (TPSA) is 75.3 Å². The van der Waals surface area contributed by atoms with Crippen LogP contribution in [0, 0.1) is 13.8 Å². The van der Waals surface area contributed by atoms with Crippen molar-refractivity contribution in [3.8, 4) is 0 Å². The first-order valence-electron chi connectivity index (χ1n) is 8.87. The van der Waals surface area contributed by atoms with E-state index in [1.165, 1.54) is 12.1 Å². The van der Waals surface area contributed by atoms with Gasteiger partial charge in [0.2, 0.25) is 10.0 Å². The molecular formula is C22H22N2O3S. The van der Waals surface area contributed by atoms with Crippen LogP contribution in [0.4, 0.5) is 5.69 Å². The van der Waals surface area contributed by atoms with Crippen molar-refractivity contribution in [2.24, 2.45) is 0 Å². The van der Waals surface area contributed by atoms with Crippen molar-refractivity contribution in [1.82, 2.24) is 4.72 Å². The van der Waals surface area contributed by atoms with Crippen molar-refractivity contribution in [1.29, 1.82) is 0 Å². The summed E-state index contributed by atoms with van der Waals surface area (Å²) in [5, 5.41) is 2.81. The molecule has 3 aromatic carbocycles. The smallest absolute Gasteiger partial charge is 0.255 e. The molecule has 5 nitrogen and oxygen atoms in total. The number of benzene rings is 3. The van der Waals surface area contributed by atoms with Crippen LogP contribution in [0.25, 0.3) is 0 Å². The predicted octanol–water partition coefficient (Wildman–Crippen LogP) is 4.03. The monoisotopic (exact) mass is 394 g/mol. The Morgan fingerprint density at radius 2 is 1.61 bits per heavy atom. The molecular weight excluding hydrogens is 372 g/mol. The molecule has 3 rings (SSSR count). The molecule has 0 saturated heterocycles. The van der Waals surface area contributed by atoms with E-state index in [-0.39, 0.29) is 22.9 Å². The van der Waals surface area contributed by atoms with Gasteiger partial charge in [-0.05, 0) is 49.2 Å². The molecule has 0 fully saturated rings. The van der Waals surface area contributed by atoms with E-state index >= 15 is 0 Å². The van der Waals surface area contributed by atoms with Gasteiger partial charge in [-0.15, -0.1) is 0 Å². The molecule has 1 amide bonds. The normalized spacial score (nSPS) is 11.2. The zero-order chi connectivity index (χ0) is 20.1. The van der Waals surface area contributed by atoms with Crippen LogP contribution in [0.5, 0.6) is 0 Å². The molecule has 0 atom stereocenters. The van der Waals surface area contributed by atoms with Gasteiger partial charge >= 0.3 is 0 Å². The van der Waals surface area contributed by atoms with Gasteiger partial charge in [-0.1, -0.05) is 54.1 Å². The van der Waals surface area contributed by atoms with E-state index in [1.807, 2.05) is 56.3 Å². The summed E-state index contributed by atoms with van der Waals surface area (Å²) in [6.45, 7) is 4.05. The Morgan fingerprint density at radius 3 is 2.32 bits per heavy atom. The van der Waals surface area contributed by atoms with E-state index < -0.39 is 10.0 Å². The van der Waals surface area contributed by atoms with E-state index in [0.717, 1.165) is 16.7 Å². The third-order valence-electron chi connectivity index (χ3n) is 4.39. The molecule has 28 heavy (non-hydrogen) atoms. The van der Waals surface area contributed by atoms with Gasteiger partial charge in [0.15, 0.2) is 0 Å². The number of hydrogen-bond acceptors (Lipinski definition) is 3. The lowest BCUT2D eigenvalue weighted by Gasteiger charge is -2.10. The zero-order valence-electron chi connectivity index (χ0n) is 15.8. The van der Waals surface area contributed by atoms with Crippen LogP contribution in [0.1, 0.15) is 27.0 Å². The molecule has 6 heteroatoms. The van der Waals surface area contributed by atoms with E-state index in [9.17, 15) is 13.2 Å². The van der Waals surface area contributed by atoms with E-state index in [2.05, 4.69) is 10.0 Å². The number of carbonyl (C=O) groups excluding carboxylic acids is 1. The molecule has 2 N–H and O–H groups in total. The molecule has 0 aliphatic carbocycles. The molecule has 0 unspecified atom stereocenters. The summed E-state index contributed by atoms with van der Waals surface area (Å²) in [5.74, 6) is -0.357. The molecule has 0 aromatic heterocycles. The Balaban J connectivity index is 1.75. The van der Waals surface area contributed by atoms with Gasteiger partial charge in [0.25, 0.3) is 5.91 Å². The van der Waals surface area contributed by atoms with Crippen LogP contribution >= 0.6 is 0 Å². The average molecular weight is 394 g/mol. The van der Waals surface area contributed by atoms with Gasteiger partial charge in [0.05, 0.1) is 4.90 Å². The van der Waals surface area contributed by atoms with Crippen molar-refractivity contribution >= 4 is 21.6 Å². The second kappa shape index (κ2) is 8.37. The van der Waals surface area contributed by atoms with Crippen molar-refractivity contribution in [3.63, 3.8) is 0 Å². The van der Waals surface area contributed by atoms with Crippen molar-refractivity contribution in [2.75, 3.05) is 5.32 Å². The molecule has 3 aromatic rings. The van der Waals surface area contributed by atoms with Gasteiger partial charge in [-0.2, -0.15) is 0 Å². The third kappa shape index (κ3) is 4.85. The predicted molar refractivity (Wildman–Crippen MR) is 111 cm³/mol. The highest BCUT2D eigenvalue weighted by Gasteiger charge is 2.16. The average Bonchev–Trinajstić information content (AvgIpc) is 2.69. The highest BCUT2D eigenvalue weighted by molar-refractivity contribution is 7.89. The Morgan fingerprint density at radius 1 is 0.893 bits per heavy atom. The molecule has 0 aliphatic rings. The molecule has 0 aliphatic heterocycles. The minimum absolute atomic E-state index is 0.0528. The summed E-state index contributed by atoms with van der Waals surface area (Å²) in [4.78, 5) is 12.6. The highest BCUT2D eigenvalue weighted by atomic mass is 32.2. The lowest BCUT2D eigenvalue weighted by molar-refractivity contribution is 0.102. The quantitative estimate of drug-likeness (QED) is 0.663. The largest absolute Gasteiger partial charge is 0.322 e. The molecule has 0 saturated carbocycles. The summed E-state index contributed by atoms with van der Waals surface area (Å²) in [6.07, 6.45) is 0. The van der Waals surface area contributed by atoms with Crippen molar-refractivity contribution in [3.05, 3.63) is 95.1 Å². The number of para-hydroxylation sites is 1. The number of carbonyl (C=O) groups is 1. The summed E-state index contributed by atoms with van der Waals surface area (Å²) in [5.41, 5.74) is 3.88. The number of amides is 1. The van der Waals surface area contributed by atoms with Gasteiger partial charge in [0.1, 0.15) is 0 Å². The maximum atomic E-state index is 12.6. The van der Waals surface area contributed by atoms with Gasteiger partial charge in [-0.25, -0.2) is 13.1 Å². The van der Waals surface area contributed by atoms with Gasteiger partial charge < -0.3 is 5.32 Å². The minimum Gasteiger partial charge on any atom is -0.322 e. The number of aryl methyl sites for hydroxylation is 2. The molecule has 0 bridgehead atoms. The summed E-state index contributed by atoms with van der Waals surface area (Å²) in [6, 6.07) is 21.0. The fraction of sp³-hybridized carbons (Fsp3) is 0.136. The van der Waals surface area contributed by atoms with Crippen LogP contribution in [0.3, 0.4) is 0 Å². The SMILES string of the molecule is Cc1ccc(CNS(=O)(=O)c2cccc(C(=O)Nc3ccccc3C)c2)cc1.